The van der Waals surface area contributed by atoms with Crippen molar-refractivity contribution in [1.82, 2.24) is 4.90 Å². The molecule has 8 nitrogen and oxygen atoms in total. The van der Waals surface area contributed by atoms with Crippen molar-refractivity contribution in [1.29, 1.82) is 0 Å². The van der Waals surface area contributed by atoms with Gasteiger partial charge in [0.1, 0.15) is 4.32 Å². The molecule has 1 saturated heterocycles. The van der Waals surface area contributed by atoms with Gasteiger partial charge in [0.15, 0.2) is 5.75 Å². The highest BCUT2D eigenvalue weighted by Gasteiger charge is 2.31. The molecule has 2 heterocycles. The minimum atomic E-state index is -4.13. The standard InChI is InChI=1S/C19H20N2O6S3/c1-13(12-16-18(23)21(8-10-22)19(28)29-16)6-7-17-20(9-11-30(24,25)26)14-4-2-3-5-15(14)27-17/h2-7,12,22H,8-11H2,1H3,(H,24,25,26). The summed E-state index contributed by atoms with van der Waals surface area (Å²) in [6.07, 6.45) is 5.10. The Kier molecular flexibility index (Phi) is 6.98. The van der Waals surface area contributed by atoms with Crippen molar-refractivity contribution in [3.8, 4) is 5.75 Å². The number of nitrogens with zero attached hydrogens (tertiary/aromatic N) is 2. The minimum absolute atomic E-state index is 0.0222. The van der Waals surface area contributed by atoms with Gasteiger partial charge in [0.2, 0.25) is 5.88 Å². The Morgan fingerprint density at radius 2 is 2.00 bits per heavy atom. The molecule has 0 atom stereocenters. The van der Waals surface area contributed by atoms with Crippen LogP contribution in [0, 0.1) is 0 Å². The number of thioether (sulfide) groups is 1. The maximum absolute atomic E-state index is 12.4. The number of para-hydroxylation sites is 2. The van der Waals surface area contributed by atoms with E-state index >= 15 is 0 Å². The third-order valence-electron chi connectivity index (χ3n) is 4.25. The van der Waals surface area contributed by atoms with Crippen molar-refractivity contribution < 1.29 is 27.6 Å². The number of aliphatic hydroxyl groups excluding tert-OH is 1. The van der Waals surface area contributed by atoms with E-state index in [1.54, 1.807) is 54.3 Å². The Morgan fingerprint density at radius 3 is 2.70 bits per heavy atom. The number of hydrogen-bond acceptors (Lipinski definition) is 8. The van der Waals surface area contributed by atoms with E-state index in [9.17, 15) is 13.2 Å². The van der Waals surface area contributed by atoms with Gasteiger partial charge in [-0.25, -0.2) is 0 Å². The largest absolute Gasteiger partial charge is 0.439 e. The summed E-state index contributed by atoms with van der Waals surface area (Å²) in [6.45, 7) is 1.82. The number of amides is 1. The number of aliphatic hydroxyl groups is 1. The van der Waals surface area contributed by atoms with Crippen molar-refractivity contribution in [2.75, 3.05) is 30.3 Å². The van der Waals surface area contributed by atoms with Crippen molar-refractivity contribution in [3.05, 3.63) is 58.9 Å². The molecule has 0 aromatic heterocycles. The summed E-state index contributed by atoms with van der Waals surface area (Å²) in [5.41, 5.74) is 1.45. The van der Waals surface area contributed by atoms with Gasteiger partial charge in [0.05, 0.1) is 29.5 Å². The lowest BCUT2D eigenvalue weighted by Crippen LogP contribution is -2.30. The van der Waals surface area contributed by atoms with Crippen LogP contribution in [-0.4, -0.2) is 58.7 Å². The molecule has 1 aromatic rings. The SMILES string of the molecule is CC(=CC=C1Oc2ccccc2N1CCS(=O)(=O)O)C=C1SC(=S)N(CCO)C1=O. The average molecular weight is 469 g/mol. The zero-order valence-electron chi connectivity index (χ0n) is 16.0. The molecule has 2 aliphatic heterocycles. The Hall–Kier alpha value is -2.18. The summed E-state index contributed by atoms with van der Waals surface area (Å²) >= 11 is 6.34. The summed E-state index contributed by atoms with van der Waals surface area (Å²) in [7, 11) is -4.13. The smallest absolute Gasteiger partial charge is 0.266 e. The fraction of sp³-hybridized carbons (Fsp3) is 0.263. The number of rotatable bonds is 7. The van der Waals surface area contributed by atoms with E-state index in [4.69, 9.17) is 26.6 Å². The van der Waals surface area contributed by atoms with Gasteiger partial charge in [0, 0.05) is 6.54 Å². The highest BCUT2D eigenvalue weighted by molar-refractivity contribution is 8.26. The molecule has 0 saturated carbocycles. The lowest BCUT2D eigenvalue weighted by Gasteiger charge is -2.17. The molecule has 0 spiro atoms. The first-order chi connectivity index (χ1) is 14.2. The number of carbonyl (C=O) groups is 1. The van der Waals surface area contributed by atoms with Crippen LogP contribution in [0.4, 0.5) is 5.69 Å². The van der Waals surface area contributed by atoms with Crippen LogP contribution in [0.2, 0.25) is 0 Å². The van der Waals surface area contributed by atoms with E-state index < -0.39 is 15.9 Å². The fourth-order valence-corrected chi connectivity index (χ4v) is 4.64. The molecule has 3 rings (SSSR count). The topological polar surface area (TPSA) is 107 Å². The molecule has 2 aliphatic rings. The van der Waals surface area contributed by atoms with Gasteiger partial charge in [-0.1, -0.05) is 42.2 Å². The Morgan fingerprint density at radius 1 is 1.27 bits per heavy atom. The number of benzene rings is 1. The van der Waals surface area contributed by atoms with Crippen molar-refractivity contribution in [2.24, 2.45) is 0 Å². The van der Waals surface area contributed by atoms with Crippen LogP contribution < -0.4 is 9.64 Å². The van der Waals surface area contributed by atoms with Crippen molar-refractivity contribution in [3.63, 3.8) is 0 Å². The maximum atomic E-state index is 12.4. The monoisotopic (exact) mass is 468 g/mol. The second-order valence-corrected chi connectivity index (χ2v) is 9.73. The van der Waals surface area contributed by atoms with Gasteiger partial charge >= 0.3 is 0 Å². The van der Waals surface area contributed by atoms with Crippen LogP contribution in [0.25, 0.3) is 0 Å². The molecule has 2 N–H and O–H groups in total. The Bertz CT molecular complexity index is 1060. The normalized spacial score (nSPS) is 19.8. The van der Waals surface area contributed by atoms with E-state index in [1.807, 2.05) is 0 Å². The predicted molar refractivity (Wildman–Crippen MR) is 120 cm³/mol. The molecule has 30 heavy (non-hydrogen) atoms. The Labute approximate surface area is 184 Å². The molecule has 0 aliphatic carbocycles. The van der Waals surface area contributed by atoms with Crippen LogP contribution in [0.15, 0.2) is 58.9 Å². The quantitative estimate of drug-likeness (QED) is 0.354. The number of anilines is 1. The maximum Gasteiger partial charge on any atom is 0.266 e. The zero-order valence-corrected chi connectivity index (χ0v) is 18.5. The number of fused-ring (bicyclic) bond motifs is 1. The molecule has 0 bridgehead atoms. The van der Waals surface area contributed by atoms with Gasteiger partial charge in [0.25, 0.3) is 16.0 Å². The molecule has 1 fully saturated rings. The number of thiocarbonyl (C=S) groups is 1. The third kappa shape index (κ3) is 5.29. The predicted octanol–water partition coefficient (Wildman–Crippen LogP) is 2.30. The van der Waals surface area contributed by atoms with E-state index in [1.165, 1.54) is 16.7 Å². The van der Waals surface area contributed by atoms with Crippen molar-refractivity contribution >= 4 is 50.0 Å². The minimum Gasteiger partial charge on any atom is -0.439 e. The molecule has 0 unspecified atom stereocenters. The van der Waals surface area contributed by atoms with Gasteiger partial charge in [-0.3, -0.25) is 14.2 Å². The number of β-amino-alcohol motifs (C(OH)–C–C–N with tert-alkyl or cyclic N) is 1. The van der Waals surface area contributed by atoms with E-state index in [0.717, 1.165) is 5.57 Å². The first-order valence-corrected chi connectivity index (χ1v) is 11.8. The second-order valence-electron chi connectivity index (χ2n) is 6.48. The third-order valence-corrected chi connectivity index (χ3v) is 6.33. The van der Waals surface area contributed by atoms with Crippen LogP contribution >= 0.6 is 24.0 Å². The van der Waals surface area contributed by atoms with Gasteiger partial charge in [-0.2, -0.15) is 8.42 Å². The molecular weight excluding hydrogens is 448 g/mol. The fourth-order valence-electron chi connectivity index (χ4n) is 2.86. The summed E-state index contributed by atoms with van der Waals surface area (Å²) in [5, 5.41) is 9.06. The lowest BCUT2D eigenvalue weighted by atomic mass is 10.2. The number of ether oxygens (including phenoxy) is 1. The molecular formula is C19H20N2O6S3. The van der Waals surface area contributed by atoms with Gasteiger partial charge in [-0.05, 0) is 36.8 Å². The van der Waals surface area contributed by atoms with E-state index in [-0.39, 0.29) is 25.6 Å². The second kappa shape index (κ2) is 9.31. The molecule has 11 heteroatoms. The van der Waals surface area contributed by atoms with Crippen LogP contribution in [-0.2, 0) is 14.9 Å². The van der Waals surface area contributed by atoms with Crippen molar-refractivity contribution in [2.45, 2.75) is 6.92 Å². The van der Waals surface area contributed by atoms with Gasteiger partial charge in [-0.15, -0.1) is 0 Å². The lowest BCUT2D eigenvalue weighted by molar-refractivity contribution is -0.122. The zero-order chi connectivity index (χ0) is 21.9. The number of hydrogen-bond donors (Lipinski definition) is 2. The van der Waals surface area contributed by atoms with Crippen LogP contribution in [0.1, 0.15) is 6.92 Å². The molecule has 160 valence electrons. The number of carbonyl (C=O) groups excluding carboxylic acids is 1. The van der Waals surface area contributed by atoms with Crippen LogP contribution in [0.3, 0.4) is 0 Å². The molecule has 1 aromatic carbocycles. The summed E-state index contributed by atoms with van der Waals surface area (Å²) in [5.74, 6) is 0.284. The highest BCUT2D eigenvalue weighted by Crippen LogP contribution is 2.38. The highest BCUT2D eigenvalue weighted by atomic mass is 32.2. The Balaban J connectivity index is 1.81. The molecule has 0 radical (unpaired) electrons. The number of allylic oxidation sites excluding steroid dienone is 4. The van der Waals surface area contributed by atoms with Crippen LogP contribution in [0.5, 0.6) is 5.75 Å². The first-order valence-electron chi connectivity index (χ1n) is 8.94. The molecule has 1 amide bonds. The first kappa shape index (κ1) is 22.5. The van der Waals surface area contributed by atoms with E-state index in [0.29, 0.717) is 26.5 Å². The summed E-state index contributed by atoms with van der Waals surface area (Å²) in [6, 6.07) is 7.17. The summed E-state index contributed by atoms with van der Waals surface area (Å²) in [4.78, 5) is 15.8. The summed E-state index contributed by atoms with van der Waals surface area (Å²) < 4.78 is 37.7. The average Bonchev–Trinajstić information content (AvgIpc) is 3.16. The van der Waals surface area contributed by atoms with Gasteiger partial charge < -0.3 is 14.7 Å². The van der Waals surface area contributed by atoms with E-state index in [2.05, 4.69) is 0 Å².